The standard InChI is InChI=1S/C10H9ClFN3O2/c1-17-6-4-2-3-5-7(6)14-10(13-5)15-9(16)8(11)12/h2-4,8H,1H3,(H2,13,14,15,16). The first-order chi connectivity index (χ1) is 8.11. The first-order valence-corrected chi connectivity index (χ1v) is 5.17. The van der Waals surface area contributed by atoms with E-state index in [9.17, 15) is 9.18 Å². The van der Waals surface area contributed by atoms with Gasteiger partial charge in [0.2, 0.25) is 5.95 Å². The molecule has 0 aliphatic carbocycles. The van der Waals surface area contributed by atoms with Gasteiger partial charge in [-0.25, -0.2) is 9.37 Å². The van der Waals surface area contributed by atoms with Crippen molar-refractivity contribution in [2.45, 2.75) is 5.63 Å². The molecule has 0 radical (unpaired) electrons. The highest BCUT2D eigenvalue weighted by atomic mass is 35.5. The Kier molecular flexibility index (Phi) is 3.14. The zero-order valence-electron chi connectivity index (χ0n) is 8.83. The van der Waals surface area contributed by atoms with E-state index in [4.69, 9.17) is 16.3 Å². The number of carbonyl (C=O) groups excluding carboxylic acids is 1. The summed E-state index contributed by atoms with van der Waals surface area (Å²) in [4.78, 5) is 17.9. The number of hydrogen-bond donors (Lipinski definition) is 2. The average Bonchev–Trinajstić information content (AvgIpc) is 2.70. The second-order valence-electron chi connectivity index (χ2n) is 3.23. The van der Waals surface area contributed by atoms with Crippen LogP contribution in [0.1, 0.15) is 0 Å². The number of alkyl halides is 2. The maximum Gasteiger partial charge on any atom is 0.276 e. The summed E-state index contributed by atoms with van der Waals surface area (Å²) in [5.41, 5.74) is -0.884. The molecule has 0 bridgehead atoms. The Morgan fingerprint density at radius 2 is 2.41 bits per heavy atom. The number of fused-ring (bicyclic) bond motifs is 1. The summed E-state index contributed by atoms with van der Waals surface area (Å²) in [5, 5.41) is 2.21. The summed E-state index contributed by atoms with van der Waals surface area (Å²) in [6, 6.07) is 5.26. The third-order valence-electron chi connectivity index (χ3n) is 2.14. The Morgan fingerprint density at radius 3 is 3.06 bits per heavy atom. The Balaban J connectivity index is 2.35. The van der Waals surface area contributed by atoms with Crippen LogP contribution in [-0.4, -0.2) is 28.6 Å². The van der Waals surface area contributed by atoms with Gasteiger partial charge in [-0.15, -0.1) is 0 Å². The van der Waals surface area contributed by atoms with Gasteiger partial charge in [-0.05, 0) is 12.1 Å². The summed E-state index contributed by atoms with van der Waals surface area (Å²) in [6.07, 6.45) is 0. The molecule has 1 atom stereocenters. The van der Waals surface area contributed by atoms with Crippen molar-refractivity contribution in [3.63, 3.8) is 0 Å². The topological polar surface area (TPSA) is 67.0 Å². The maximum atomic E-state index is 12.5. The summed E-state index contributed by atoms with van der Waals surface area (Å²) in [5.74, 6) is -0.288. The minimum absolute atomic E-state index is 0.123. The number of nitrogens with one attached hydrogen (secondary N) is 2. The lowest BCUT2D eigenvalue weighted by molar-refractivity contribution is -0.118. The molecule has 0 saturated heterocycles. The first kappa shape index (κ1) is 11.7. The first-order valence-electron chi connectivity index (χ1n) is 4.73. The molecule has 1 amide bonds. The van der Waals surface area contributed by atoms with Crippen LogP contribution in [-0.2, 0) is 4.79 Å². The van der Waals surface area contributed by atoms with Crippen LogP contribution in [0.2, 0.25) is 0 Å². The molecule has 2 aromatic rings. The molecule has 0 fully saturated rings. The third-order valence-corrected chi connectivity index (χ3v) is 2.33. The molecule has 17 heavy (non-hydrogen) atoms. The fourth-order valence-corrected chi connectivity index (χ4v) is 1.46. The van der Waals surface area contributed by atoms with E-state index in [-0.39, 0.29) is 5.95 Å². The molecule has 7 heteroatoms. The van der Waals surface area contributed by atoms with Gasteiger partial charge in [-0.2, -0.15) is 0 Å². The molecule has 2 N–H and O–H groups in total. The van der Waals surface area contributed by atoms with Gasteiger partial charge in [0, 0.05) is 0 Å². The van der Waals surface area contributed by atoms with Gasteiger partial charge >= 0.3 is 0 Å². The quantitative estimate of drug-likeness (QED) is 0.827. The number of anilines is 1. The maximum absolute atomic E-state index is 12.5. The molecule has 0 spiro atoms. The fraction of sp³-hybridized carbons (Fsp3) is 0.200. The molecule has 90 valence electrons. The molecular formula is C10H9ClFN3O2. The summed E-state index contributed by atoms with van der Waals surface area (Å²) in [7, 11) is 1.51. The van der Waals surface area contributed by atoms with E-state index in [2.05, 4.69) is 15.3 Å². The van der Waals surface area contributed by atoms with E-state index >= 15 is 0 Å². The number of hydrogen-bond acceptors (Lipinski definition) is 3. The molecule has 0 aliphatic rings. The summed E-state index contributed by atoms with van der Waals surface area (Å²) in [6.45, 7) is 0. The number of halogens is 2. The Hall–Kier alpha value is -1.82. The predicted octanol–water partition coefficient (Wildman–Crippen LogP) is 2.04. The van der Waals surface area contributed by atoms with Crippen molar-refractivity contribution in [1.82, 2.24) is 9.97 Å². The normalized spacial score (nSPS) is 12.4. The van der Waals surface area contributed by atoms with Gasteiger partial charge in [0.05, 0.1) is 12.6 Å². The lowest BCUT2D eigenvalue weighted by Crippen LogP contribution is -2.19. The van der Waals surface area contributed by atoms with Crippen molar-refractivity contribution >= 4 is 34.5 Å². The Morgan fingerprint density at radius 1 is 1.65 bits per heavy atom. The molecule has 1 heterocycles. The van der Waals surface area contributed by atoms with E-state index < -0.39 is 11.5 Å². The van der Waals surface area contributed by atoms with Gasteiger partial charge in [-0.3, -0.25) is 10.1 Å². The smallest absolute Gasteiger partial charge is 0.276 e. The van der Waals surface area contributed by atoms with Crippen LogP contribution in [0.25, 0.3) is 11.0 Å². The fourth-order valence-electron chi connectivity index (χ4n) is 1.40. The predicted molar refractivity (Wildman–Crippen MR) is 62.0 cm³/mol. The summed E-state index contributed by atoms with van der Waals surface area (Å²) >= 11 is 4.99. The number of amides is 1. The number of imidazole rings is 1. The molecule has 1 aromatic heterocycles. The van der Waals surface area contributed by atoms with Crippen molar-refractivity contribution in [2.75, 3.05) is 12.4 Å². The van der Waals surface area contributed by atoms with Gasteiger partial charge in [-0.1, -0.05) is 17.7 Å². The van der Waals surface area contributed by atoms with Crippen molar-refractivity contribution in [3.8, 4) is 5.75 Å². The lowest BCUT2D eigenvalue weighted by Gasteiger charge is -1.99. The zero-order valence-corrected chi connectivity index (χ0v) is 9.58. The Bertz CT molecular complexity index is 555. The van der Waals surface area contributed by atoms with Crippen LogP contribution in [0.3, 0.4) is 0 Å². The summed E-state index contributed by atoms with van der Waals surface area (Å²) < 4.78 is 17.6. The van der Waals surface area contributed by atoms with Gasteiger partial charge in [0.15, 0.2) is 0 Å². The molecular weight excluding hydrogens is 249 g/mol. The van der Waals surface area contributed by atoms with E-state index in [1.54, 1.807) is 18.2 Å². The number of benzene rings is 1. The highest BCUT2D eigenvalue weighted by Gasteiger charge is 2.15. The van der Waals surface area contributed by atoms with Crippen molar-refractivity contribution in [1.29, 1.82) is 0 Å². The van der Waals surface area contributed by atoms with E-state index in [1.165, 1.54) is 7.11 Å². The van der Waals surface area contributed by atoms with Gasteiger partial charge < -0.3 is 9.72 Å². The number of nitrogens with zero attached hydrogens (tertiary/aromatic N) is 1. The monoisotopic (exact) mass is 257 g/mol. The highest BCUT2D eigenvalue weighted by molar-refractivity contribution is 6.31. The molecule has 0 saturated carbocycles. The van der Waals surface area contributed by atoms with Crippen LogP contribution in [0.5, 0.6) is 5.75 Å². The van der Waals surface area contributed by atoms with Gasteiger partial charge in [0.1, 0.15) is 11.3 Å². The molecule has 0 aliphatic heterocycles. The van der Waals surface area contributed by atoms with E-state index in [1.807, 2.05) is 0 Å². The van der Waals surface area contributed by atoms with Crippen molar-refractivity contribution in [3.05, 3.63) is 18.2 Å². The number of methoxy groups -OCH3 is 1. The number of aromatic nitrogens is 2. The minimum atomic E-state index is -2.11. The zero-order chi connectivity index (χ0) is 12.4. The molecule has 1 unspecified atom stereocenters. The Labute approximate surface area is 101 Å². The second kappa shape index (κ2) is 4.58. The third kappa shape index (κ3) is 2.31. The van der Waals surface area contributed by atoms with Crippen LogP contribution in [0.15, 0.2) is 18.2 Å². The average molecular weight is 258 g/mol. The molecule has 5 nitrogen and oxygen atoms in total. The van der Waals surface area contributed by atoms with E-state index in [0.29, 0.717) is 16.8 Å². The van der Waals surface area contributed by atoms with Crippen LogP contribution in [0.4, 0.5) is 10.3 Å². The second-order valence-corrected chi connectivity index (χ2v) is 3.61. The largest absolute Gasteiger partial charge is 0.494 e. The van der Waals surface area contributed by atoms with Crippen molar-refractivity contribution in [2.24, 2.45) is 0 Å². The SMILES string of the molecule is COc1cccc2[nH]c(NC(=O)C(F)Cl)nc12. The number of rotatable bonds is 3. The number of carbonyl (C=O) groups is 1. The van der Waals surface area contributed by atoms with E-state index in [0.717, 1.165) is 0 Å². The highest BCUT2D eigenvalue weighted by Crippen LogP contribution is 2.24. The van der Waals surface area contributed by atoms with Crippen LogP contribution in [0, 0.1) is 0 Å². The number of ether oxygens (including phenoxy) is 1. The van der Waals surface area contributed by atoms with Crippen molar-refractivity contribution < 1.29 is 13.9 Å². The number of H-pyrrole nitrogens is 1. The molecule has 2 rings (SSSR count). The number of aromatic amines is 1. The number of para-hydroxylation sites is 1. The minimum Gasteiger partial charge on any atom is -0.494 e. The van der Waals surface area contributed by atoms with Gasteiger partial charge in [0.25, 0.3) is 11.5 Å². The molecule has 1 aromatic carbocycles. The van der Waals surface area contributed by atoms with Crippen LogP contribution >= 0.6 is 11.6 Å². The lowest BCUT2D eigenvalue weighted by atomic mass is 10.3. The van der Waals surface area contributed by atoms with Crippen LogP contribution < -0.4 is 10.1 Å².